The maximum Gasteiger partial charge on any atom is 0.270 e. The van der Waals surface area contributed by atoms with Crippen LogP contribution in [0.5, 0.6) is 0 Å². The number of anilines is 1. The van der Waals surface area contributed by atoms with Crippen molar-refractivity contribution >= 4 is 33.4 Å². The van der Waals surface area contributed by atoms with Gasteiger partial charge in [0, 0.05) is 18.5 Å². The minimum atomic E-state index is -0.715. The molecule has 112 valence electrons. The summed E-state index contributed by atoms with van der Waals surface area (Å²) in [6.45, 7) is 2.75. The lowest BCUT2D eigenvalue weighted by molar-refractivity contribution is -0.00195. The number of aliphatic hydroxyl groups is 1. The predicted molar refractivity (Wildman–Crippen MR) is 80.4 cm³/mol. The van der Waals surface area contributed by atoms with Crippen LogP contribution in [0.25, 0.3) is 10.2 Å². The first-order chi connectivity index (χ1) is 9.87. The quantitative estimate of drug-likeness (QED) is 0.712. The number of carbonyl (C=O) groups excluding carboxylic acids is 1. The summed E-state index contributed by atoms with van der Waals surface area (Å²) in [4.78, 5) is 32.5. The molecule has 21 heavy (non-hydrogen) atoms. The van der Waals surface area contributed by atoms with Crippen LogP contribution in [-0.4, -0.2) is 44.6 Å². The van der Waals surface area contributed by atoms with Gasteiger partial charge in [0.15, 0.2) is 0 Å². The number of nitrogen functional groups attached to an aromatic ring is 1. The van der Waals surface area contributed by atoms with Crippen molar-refractivity contribution in [2.24, 2.45) is 0 Å². The lowest BCUT2D eigenvalue weighted by Crippen LogP contribution is -2.45. The molecule has 8 heteroatoms. The lowest BCUT2D eigenvalue weighted by Gasteiger charge is -2.35. The number of aromatic amines is 1. The first-order valence-electron chi connectivity index (χ1n) is 6.66. The van der Waals surface area contributed by atoms with Crippen LogP contribution in [0.3, 0.4) is 0 Å². The van der Waals surface area contributed by atoms with Crippen molar-refractivity contribution in [1.82, 2.24) is 14.9 Å². The van der Waals surface area contributed by atoms with Crippen LogP contribution in [-0.2, 0) is 0 Å². The van der Waals surface area contributed by atoms with E-state index in [9.17, 15) is 14.7 Å². The van der Waals surface area contributed by atoms with Crippen LogP contribution in [0.2, 0.25) is 0 Å². The van der Waals surface area contributed by atoms with Crippen molar-refractivity contribution in [2.75, 3.05) is 18.8 Å². The maximum atomic E-state index is 12.6. The molecule has 1 amide bonds. The van der Waals surface area contributed by atoms with E-state index < -0.39 is 5.60 Å². The summed E-state index contributed by atoms with van der Waals surface area (Å²) in [5, 5.41) is 11.6. The van der Waals surface area contributed by atoms with Crippen molar-refractivity contribution in [3.05, 3.63) is 21.3 Å². The predicted octanol–water partition coefficient (Wildman–Crippen LogP) is 0.554. The number of nitrogens with one attached hydrogen (secondary N) is 1. The number of hydrogen-bond donors (Lipinski definition) is 3. The molecule has 1 aliphatic rings. The molecule has 7 nitrogen and oxygen atoms in total. The van der Waals surface area contributed by atoms with Crippen LogP contribution in [0.1, 0.15) is 30.1 Å². The van der Waals surface area contributed by atoms with Crippen LogP contribution in [0.15, 0.2) is 10.2 Å². The van der Waals surface area contributed by atoms with E-state index in [0.717, 1.165) is 0 Å². The minimum absolute atomic E-state index is 0.00141. The fraction of sp³-hybridized carbons (Fsp3) is 0.462. The standard InChI is InChI=1S/C13H16N4O3S/c1-13(20)2-4-17(5-3-13)11(19)7-6-21-9-8(7)15-12(14)16-10(9)18/h6,20H,2-5H2,1H3,(H3,14,15,16,18). The van der Waals surface area contributed by atoms with Gasteiger partial charge < -0.3 is 15.7 Å². The van der Waals surface area contributed by atoms with E-state index >= 15 is 0 Å². The molecule has 3 rings (SSSR count). The largest absolute Gasteiger partial charge is 0.390 e. The van der Waals surface area contributed by atoms with Crippen molar-refractivity contribution in [1.29, 1.82) is 0 Å². The highest BCUT2D eigenvalue weighted by Crippen LogP contribution is 2.26. The fourth-order valence-corrected chi connectivity index (χ4v) is 3.33. The Hall–Kier alpha value is -1.93. The zero-order chi connectivity index (χ0) is 15.2. The number of amides is 1. The molecule has 3 heterocycles. The van der Waals surface area contributed by atoms with Gasteiger partial charge in [0.25, 0.3) is 11.5 Å². The number of H-pyrrole nitrogens is 1. The molecular formula is C13H16N4O3S. The van der Waals surface area contributed by atoms with E-state index in [4.69, 9.17) is 5.73 Å². The molecule has 1 aliphatic heterocycles. The molecule has 0 aromatic carbocycles. The maximum absolute atomic E-state index is 12.6. The summed E-state index contributed by atoms with van der Waals surface area (Å²) in [5.74, 6) is -0.171. The molecule has 0 saturated carbocycles. The molecule has 1 saturated heterocycles. The topological polar surface area (TPSA) is 112 Å². The average Bonchev–Trinajstić information content (AvgIpc) is 2.82. The molecule has 0 radical (unpaired) electrons. The van der Waals surface area contributed by atoms with Crippen LogP contribution < -0.4 is 11.3 Å². The molecule has 0 atom stereocenters. The Labute approximate surface area is 124 Å². The monoisotopic (exact) mass is 308 g/mol. The SMILES string of the molecule is CC1(O)CCN(C(=O)c2csc3c(=O)[nH]c(N)nc23)CC1. The Morgan fingerprint density at radius 1 is 1.52 bits per heavy atom. The molecular weight excluding hydrogens is 292 g/mol. The summed E-state index contributed by atoms with van der Waals surface area (Å²) in [5.41, 5.74) is 5.25. The third-order valence-electron chi connectivity index (χ3n) is 3.80. The van der Waals surface area contributed by atoms with Crippen molar-refractivity contribution < 1.29 is 9.90 Å². The molecule has 0 unspecified atom stereocenters. The second-order valence-electron chi connectivity index (χ2n) is 5.57. The third kappa shape index (κ3) is 2.52. The number of nitrogens with two attached hydrogens (primary N) is 1. The first-order valence-corrected chi connectivity index (χ1v) is 7.54. The molecule has 2 aromatic heterocycles. The van der Waals surface area contributed by atoms with Crippen LogP contribution in [0, 0.1) is 0 Å². The lowest BCUT2D eigenvalue weighted by atomic mass is 9.93. The number of rotatable bonds is 1. The smallest absolute Gasteiger partial charge is 0.270 e. The van der Waals surface area contributed by atoms with Gasteiger partial charge in [-0.2, -0.15) is 0 Å². The summed E-state index contributed by atoms with van der Waals surface area (Å²) in [6.07, 6.45) is 1.08. The highest BCUT2D eigenvalue weighted by Gasteiger charge is 2.31. The van der Waals surface area contributed by atoms with Crippen LogP contribution >= 0.6 is 11.3 Å². The first kappa shape index (κ1) is 14.0. The molecule has 4 N–H and O–H groups in total. The number of hydrogen-bond acceptors (Lipinski definition) is 6. The number of nitrogens with zero attached hydrogens (tertiary/aromatic N) is 2. The summed E-state index contributed by atoms with van der Waals surface area (Å²) < 4.78 is 0.400. The number of carbonyl (C=O) groups is 1. The zero-order valence-electron chi connectivity index (χ0n) is 11.5. The molecule has 0 aliphatic carbocycles. The summed E-state index contributed by atoms with van der Waals surface area (Å²) >= 11 is 1.18. The highest BCUT2D eigenvalue weighted by molar-refractivity contribution is 7.17. The average molecular weight is 308 g/mol. The van der Waals surface area contributed by atoms with E-state index in [1.807, 2.05) is 0 Å². The Bertz CT molecular complexity index is 754. The Balaban J connectivity index is 1.94. The minimum Gasteiger partial charge on any atom is -0.390 e. The number of fused-ring (bicyclic) bond motifs is 1. The Morgan fingerprint density at radius 2 is 2.19 bits per heavy atom. The summed E-state index contributed by atoms with van der Waals surface area (Å²) in [6, 6.07) is 0. The van der Waals surface area contributed by atoms with Gasteiger partial charge in [0.1, 0.15) is 10.2 Å². The van der Waals surface area contributed by atoms with Gasteiger partial charge in [0.05, 0.1) is 11.2 Å². The Kier molecular flexibility index (Phi) is 3.22. The van der Waals surface area contributed by atoms with Gasteiger partial charge in [0.2, 0.25) is 5.95 Å². The molecule has 2 aromatic rings. The molecule has 0 spiro atoms. The van der Waals surface area contributed by atoms with E-state index in [2.05, 4.69) is 9.97 Å². The fourth-order valence-electron chi connectivity index (χ4n) is 2.46. The number of thiophene rings is 1. The molecule has 0 bridgehead atoms. The highest BCUT2D eigenvalue weighted by atomic mass is 32.1. The number of aromatic nitrogens is 2. The Morgan fingerprint density at radius 3 is 2.86 bits per heavy atom. The van der Waals surface area contributed by atoms with Crippen molar-refractivity contribution in [2.45, 2.75) is 25.4 Å². The van der Waals surface area contributed by atoms with Crippen molar-refractivity contribution in [3.8, 4) is 0 Å². The third-order valence-corrected chi connectivity index (χ3v) is 4.77. The molecule has 1 fully saturated rings. The second kappa shape index (κ2) is 4.81. The van der Waals surface area contributed by atoms with E-state index in [1.54, 1.807) is 17.2 Å². The zero-order valence-corrected chi connectivity index (χ0v) is 12.4. The van der Waals surface area contributed by atoms with Gasteiger partial charge in [-0.3, -0.25) is 14.6 Å². The van der Waals surface area contributed by atoms with Gasteiger partial charge >= 0.3 is 0 Å². The van der Waals surface area contributed by atoms with E-state index in [-0.39, 0.29) is 17.4 Å². The van der Waals surface area contributed by atoms with Gasteiger partial charge in [-0.1, -0.05) is 0 Å². The van der Waals surface area contributed by atoms with Gasteiger partial charge in [-0.05, 0) is 19.8 Å². The van der Waals surface area contributed by atoms with Gasteiger partial charge in [-0.15, -0.1) is 11.3 Å². The normalized spacial score (nSPS) is 18.1. The van der Waals surface area contributed by atoms with Gasteiger partial charge in [-0.25, -0.2) is 4.98 Å². The van der Waals surface area contributed by atoms with Crippen LogP contribution in [0.4, 0.5) is 5.95 Å². The summed E-state index contributed by atoms with van der Waals surface area (Å²) in [7, 11) is 0. The second-order valence-corrected chi connectivity index (χ2v) is 6.45. The number of likely N-dealkylation sites (tertiary alicyclic amines) is 1. The van der Waals surface area contributed by atoms with E-state index in [1.165, 1.54) is 11.3 Å². The van der Waals surface area contributed by atoms with Crippen molar-refractivity contribution in [3.63, 3.8) is 0 Å². The number of piperidine rings is 1. The van der Waals surface area contributed by atoms with E-state index in [0.29, 0.717) is 41.7 Å².